The van der Waals surface area contributed by atoms with Gasteiger partial charge in [0.05, 0.1) is 17.2 Å². The van der Waals surface area contributed by atoms with Gasteiger partial charge in [-0.1, -0.05) is 6.92 Å². The molecule has 1 atom stereocenters. The second-order valence-corrected chi connectivity index (χ2v) is 5.98. The van der Waals surface area contributed by atoms with Crippen LogP contribution in [0.4, 0.5) is 4.39 Å². The molecule has 0 saturated heterocycles. The number of hydrogen-bond donors (Lipinski definition) is 1. The Morgan fingerprint density at radius 2 is 2.24 bits per heavy atom. The predicted octanol–water partition coefficient (Wildman–Crippen LogP) is 1.18. The van der Waals surface area contributed by atoms with Gasteiger partial charge in [-0.15, -0.1) is 0 Å². The molecule has 0 aliphatic heterocycles. The second-order valence-electron chi connectivity index (χ2n) is 5.98. The molecule has 3 rings (SSSR count). The molecular formula is C17H18FN5O2. The third-order valence-electron chi connectivity index (χ3n) is 3.81. The Balaban J connectivity index is 1.62. The van der Waals surface area contributed by atoms with Crippen LogP contribution in [0.3, 0.4) is 0 Å². The summed E-state index contributed by atoms with van der Waals surface area (Å²) >= 11 is 0. The Kier molecular flexibility index (Phi) is 4.87. The van der Waals surface area contributed by atoms with Gasteiger partial charge in [-0.25, -0.2) is 9.37 Å². The first-order chi connectivity index (χ1) is 12.0. The van der Waals surface area contributed by atoms with E-state index in [9.17, 15) is 14.0 Å². The number of rotatable bonds is 6. The topological polar surface area (TPSA) is 81.8 Å². The fourth-order valence-corrected chi connectivity index (χ4v) is 2.53. The monoisotopic (exact) mass is 343 g/mol. The van der Waals surface area contributed by atoms with Crippen molar-refractivity contribution in [1.82, 2.24) is 24.6 Å². The molecule has 8 heteroatoms. The number of carbonyl (C=O) groups is 1. The van der Waals surface area contributed by atoms with Crippen molar-refractivity contribution in [3.05, 3.63) is 59.2 Å². The van der Waals surface area contributed by atoms with Gasteiger partial charge < -0.3 is 5.32 Å². The minimum absolute atomic E-state index is 0.155. The van der Waals surface area contributed by atoms with E-state index in [1.165, 1.54) is 23.0 Å². The summed E-state index contributed by atoms with van der Waals surface area (Å²) in [4.78, 5) is 28.5. The maximum atomic E-state index is 13.3. The van der Waals surface area contributed by atoms with Crippen molar-refractivity contribution in [1.29, 1.82) is 0 Å². The highest BCUT2D eigenvalue weighted by Crippen LogP contribution is 2.08. The van der Waals surface area contributed by atoms with Gasteiger partial charge in [0.1, 0.15) is 12.4 Å². The first-order valence-electron chi connectivity index (χ1n) is 7.92. The number of carbonyl (C=O) groups excluding carboxylic acids is 1. The van der Waals surface area contributed by atoms with Crippen LogP contribution in [0.25, 0.3) is 10.9 Å². The average molecular weight is 343 g/mol. The number of hydrogen-bond acceptors (Lipinski definition) is 4. The van der Waals surface area contributed by atoms with Gasteiger partial charge in [0.15, 0.2) is 0 Å². The van der Waals surface area contributed by atoms with E-state index in [4.69, 9.17) is 0 Å². The van der Waals surface area contributed by atoms with Crippen molar-refractivity contribution in [2.75, 3.05) is 6.54 Å². The fourth-order valence-electron chi connectivity index (χ4n) is 2.53. The highest BCUT2D eigenvalue weighted by atomic mass is 19.1. The van der Waals surface area contributed by atoms with Crippen LogP contribution >= 0.6 is 0 Å². The molecule has 0 spiro atoms. The van der Waals surface area contributed by atoms with Crippen molar-refractivity contribution in [2.24, 2.45) is 5.92 Å². The van der Waals surface area contributed by atoms with E-state index in [-0.39, 0.29) is 23.8 Å². The van der Waals surface area contributed by atoms with Gasteiger partial charge in [-0.05, 0) is 30.2 Å². The van der Waals surface area contributed by atoms with Gasteiger partial charge in [-0.2, -0.15) is 5.10 Å². The summed E-state index contributed by atoms with van der Waals surface area (Å²) in [5.41, 5.74) is -0.0415. The molecule has 0 aliphatic carbocycles. The SMILES string of the molecule is C[C@@H](CNC(=O)Cn1cnc2ccc(F)cc2c1=O)Cn1cccn1. The van der Waals surface area contributed by atoms with Crippen LogP contribution in [-0.2, 0) is 17.9 Å². The molecule has 1 amide bonds. The Labute approximate surface area is 143 Å². The summed E-state index contributed by atoms with van der Waals surface area (Å²) in [6, 6.07) is 5.65. The van der Waals surface area contributed by atoms with Gasteiger partial charge in [0.2, 0.25) is 5.91 Å². The maximum Gasteiger partial charge on any atom is 0.261 e. The number of benzene rings is 1. The average Bonchev–Trinajstić information content (AvgIpc) is 3.09. The molecule has 2 aromatic heterocycles. The van der Waals surface area contributed by atoms with Gasteiger partial charge >= 0.3 is 0 Å². The molecule has 0 bridgehead atoms. The summed E-state index contributed by atoms with van der Waals surface area (Å²) in [6.45, 7) is 2.98. The van der Waals surface area contributed by atoms with Crippen molar-refractivity contribution >= 4 is 16.8 Å². The van der Waals surface area contributed by atoms with Crippen LogP contribution in [0.15, 0.2) is 47.8 Å². The van der Waals surface area contributed by atoms with Crippen LogP contribution in [0, 0.1) is 11.7 Å². The molecule has 0 unspecified atom stereocenters. The smallest absolute Gasteiger partial charge is 0.261 e. The van der Waals surface area contributed by atoms with E-state index in [0.29, 0.717) is 18.6 Å². The van der Waals surface area contributed by atoms with E-state index in [1.807, 2.05) is 19.2 Å². The van der Waals surface area contributed by atoms with Gasteiger partial charge in [-0.3, -0.25) is 18.8 Å². The largest absolute Gasteiger partial charge is 0.354 e. The summed E-state index contributed by atoms with van der Waals surface area (Å²) in [5, 5.41) is 7.06. The predicted molar refractivity (Wildman–Crippen MR) is 90.4 cm³/mol. The Morgan fingerprint density at radius 3 is 3.00 bits per heavy atom. The molecule has 130 valence electrons. The number of fused-ring (bicyclic) bond motifs is 1. The molecule has 0 aliphatic rings. The highest BCUT2D eigenvalue weighted by Gasteiger charge is 2.10. The van der Waals surface area contributed by atoms with E-state index in [0.717, 1.165) is 6.07 Å². The molecule has 0 saturated carbocycles. The molecule has 25 heavy (non-hydrogen) atoms. The number of nitrogens with zero attached hydrogens (tertiary/aromatic N) is 4. The number of aromatic nitrogens is 4. The lowest BCUT2D eigenvalue weighted by Gasteiger charge is -2.13. The normalized spacial score (nSPS) is 12.2. The minimum Gasteiger partial charge on any atom is -0.354 e. The highest BCUT2D eigenvalue weighted by molar-refractivity contribution is 5.78. The summed E-state index contributed by atoms with van der Waals surface area (Å²) in [5.74, 6) is -0.627. The third kappa shape index (κ3) is 4.09. The summed E-state index contributed by atoms with van der Waals surface area (Å²) in [7, 11) is 0. The summed E-state index contributed by atoms with van der Waals surface area (Å²) < 4.78 is 16.3. The van der Waals surface area contributed by atoms with Crippen LogP contribution in [0.1, 0.15) is 6.92 Å². The minimum atomic E-state index is -0.513. The zero-order valence-electron chi connectivity index (χ0n) is 13.7. The van der Waals surface area contributed by atoms with Crippen LogP contribution in [-0.4, -0.2) is 31.8 Å². The molecule has 0 fully saturated rings. The first-order valence-corrected chi connectivity index (χ1v) is 7.92. The van der Waals surface area contributed by atoms with Crippen molar-refractivity contribution in [2.45, 2.75) is 20.0 Å². The number of nitrogens with one attached hydrogen (secondary N) is 1. The Hall–Kier alpha value is -3.03. The summed E-state index contributed by atoms with van der Waals surface area (Å²) in [6.07, 6.45) is 4.86. The number of amides is 1. The second kappa shape index (κ2) is 7.25. The molecule has 7 nitrogen and oxygen atoms in total. The van der Waals surface area contributed by atoms with Crippen LogP contribution in [0.2, 0.25) is 0 Å². The number of halogens is 1. The third-order valence-corrected chi connectivity index (χ3v) is 3.81. The molecule has 2 heterocycles. The molecule has 0 radical (unpaired) electrons. The van der Waals surface area contributed by atoms with E-state index in [2.05, 4.69) is 15.4 Å². The van der Waals surface area contributed by atoms with Gasteiger partial charge in [0, 0.05) is 25.5 Å². The zero-order valence-corrected chi connectivity index (χ0v) is 13.7. The van der Waals surface area contributed by atoms with Gasteiger partial charge in [0.25, 0.3) is 5.56 Å². The molecule has 1 aromatic carbocycles. The maximum absolute atomic E-state index is 13.3. The van der Waals surface area contributed by atoms with Crippen molar-refractivity contribution in [3.63, 3.8) is 0 Å². The Bertz CT molecular complexity index is 936. The van der Waals surface area contributed by atoms with Crippen LogP contribution < -0.4 is 10.9 Å². The Morgan fingerprint density at radius 1 is 1.40 bits per heavy atom. The van der Waals surface area contributed by atoms with E-state index < -0.39 is 11.4 Å². The quantitative estimate of drug-likeness (QED) is 0.729. The molecular weight excluding hydrogens is 325 g/mol. The first kappa shape index (κ1) is 16.8. The van der Waals surface area contributed by atoms with Crippen molar-refractivity contribution < 1.29 is 9.18 Å². The fraction of sp³-hybridized carbons (Fsp3) is 0.294. The van der Waals surface area contributed by atoms with Crippen LogP contribution in [0.5, 0.6) is 0 Å². The lowest BCUT2D eigenvalue weighted by molar-refractivity contribution is -0.121. The standard InChI is InChI=1S/C17H18FN5O2/c1-12(9-23-6-2-5-21-23)8-19-16(24)10-22-11-20-15-4-3-13(18)7-14(15)17(22)25/h2-7,11-12H,8-10H2,1H3,(H,19,24)/t12-/m0/s1. The zero-order chi connectivity index (χ0) is 17.8. The molecule has 1 N–H and O–H groups in total. The lowest BCUT2D eigenvalue weighted by Crippen LogP contribution is -2.35. The van der Waals surface area contributed by atoms with Crippen molar-refractivity contribution in [3.8, 4) is 0 Å². The lowest BCUT2D eigenvalue weighted by atomic mass is 10.2. The van der Waals surface area contributed by atoms with E-state index in [1.54, 1.807) is 10.9 Å². The molecule has 3 aromatic rings. The van der Waals surface area contributed by atoms with E-state index >= 15 is 0 Å².